The van der Waals surface area contributed by atoms with Crippen LogP contribution in [0.4, 0.5) is 0 Å². The van der Waals surface area contributed by atoms with Crippen LogP contribution in [0.25, 0.3) is 0 Å². The fourth-order valence-corrected chi connectivity index (χ4v) is 4.28. The average molecular weight is 365 g/mol. The predicted octanol–water partition coefficient (Wildman–Crippen LogP) is 3.91. The summed E-state index contributed by atoms with van der Waals surface area (Å²) in [5.41, 5.74) is 1.04. The number of ketones is 1. The van der Waals surface area contributed by atoms with Crippen LogP contribution >= 0.6 is 0 Å². The summed E-state index contributed by atoms with van der Waals surface area (Å²) < 4.78 is 2.33. The molecule has 0 atom stereocenters. The van der Waals surface area contributed by atoms with Crippen molar-refractivity contribution >= 4 is 11.7 Å². The second-order valence-corrected chi connectivity index (χ2v) is 7.90. The van der Waals surface area contributed by atoms with E-state index in [0.29, 0.717) is 30.1 Å². The van der Waals surface area contributed by atoms with Gasteiger partial charge in [-0.2, -0.15) is 0 Å². The molecule has 2 aliphatic rings. The fraction of sp³-hybridized carbons (Fsp3) is 0.500. The van der Waals surface area contributed by atoms with Gasteiger partial charge in [-0.15, -0.1) is 0 Å². The predicted molar refractivity (Wildman–Crippen MR) is 104 cm³/mol. The van der Waals surface area contributed by atoms with Crippen LogP contribution < -0.4 is 0 Å². The van der Waals surface area contributed by atoms with Crippen LogP contribution in [0.2, 0.25) is 0 Å². The molecule has 1 aromatic heterocycles. The minimum Gasteiger partial charge on any atom is -0.339 e. The normalized spacial score (nSPS) is 18.3. The van der Waals surface area contributed by atoms with Crippen molar-refractivity contribution in [1.29, 1.82) is 0 Å². The minimum atomic E-state index is -0.0631. The van der Waals surface area contributed by atoms with Gasteiger partial charge in [0.1, 0.15) is 5.82 Å². The molecule has 0 N–H and O–H groups in total. The number of carbonyl (C=O) groups excluding carboxylic acids is 2. The third kappa shape index (κ3) is 3.68. The first-order chi connectivity index (χ1) is 13.1. The van der Waals surface area contributed by atoms with Crippen LogP contribution in [0.3, 0.4) is 0 Å². The van der Waals surface area contributed by atoms with Crippen LogP contribution in [0, 0.1) is 5.92 Å². The lowest BCUT2D eigenvalue weighted by Gasteiger charge is -2.33. The van der Waals surface area contributed by atoms with E-state index in [2.05, 4.69) is 15.7 Å². The van der Waals surface area contributed by atoms with Gasteiger partial charge in [-0.1, -0.05) is 24.6 Å². The van der Waals surface area contributed by atoms with E-state index in [4.69, 9.17) is 0 Å². The second kappa shape index (κ2) is 7.67. The first-order valence-corrected chi connectivity index (χ1v) is 10.0. The Morgan fingerprint density at radius 2 is 1.78 bits per heavy atom. The summed E-state index contributed by atoms with van der Waals surface area (Å²) in [6.45, 7) is 4.03. The van der Waals surface area contributed by atoms with Gasteiger partial charge in [0.2, 0.25) is 0 Å². The van der Waals surface area contributed by atoms with E-state index >= 15 is 0 Å². The van der Waals surface area contributed by atoms with E-state index in [1.165, 1.54) is 32.0 Å². The largest absolute Gasteiger partial charge is 0.339 e. The lowest BCUT2D eigenvalue weighted by Crippen LogP contribution is -2.39. The van der Waals surface area contributed by atoms with E-state index in [1.807, 2.05) is 23.2 Å². The first kappa shape index (κ1) is 18.0. The fourth-order valence-electron chi connectivity index (χ4n) is 4.28. The Kier molecular flexibility index (Phi) is 5.10. The molecule has 4 rings (SSSR count). The number of carbonyl (C=O) groups is 2. The van der Waals surface area contributed by atoms with Gasteiger partial charge in [0.15, 0.2) is 5.78 Å². The standard InChI is InChI=1S/C22H27N3O2/c1-16(26)19-7-2-3-8-20(19)22(27)24-12-9-18(10-13-24)21-23-11-14-25(21)15-17-5-4-6-17/h2-3,7-8,11,14,17-18H,4-6,9-10,12-13,15H2,1H3. The molecule has 0 bridgehead atoms. The first-order valence-electron chi connectivity index (χ1n) is 10.0. The van der Waals surface area contributed by atoms with Crippen LogP contribution in [0.15, 0.2) is 36.7 Å². The Labute approximate surface area is 160 Å². The van der Waals surface area contributed by atoms with Gasteiger partial charge in [0.25, 0.3) is 5.91 Å². The molecule has 1 saturated heterocycles. The molecule has 5 nitrogen and oxygen atoms in total. The molecule has 1 aromatic carbocycles. The lowest BCUT2D eigenvalue weighted by atomic mass is 9.85. The number of likely N-dealkylation sites (tertiary alicyclic amines) is 1. The van der Waals surface area contributed by atoms with Gasteiger partial charge in [-0.05, 0) is 44.6 Å². The topological polar surface area (TPSA) is 55.2 Å². The van der Waals surface area contributed by atoms with Gasteiger partial charge in [0.05, 0.1) is 5.56 Å². The number of nitrogens with zero attached hydrogens (tertiary/aromatic N) is 3. The molecule has 5 heteroatoms. The molecular weight excluding hydrogens is 338 g/mol. The molecule has 1 aliphatic heterocycles. The third-order valence-corrected chi connectivity index (χ3v) is 6.11. The zero-order valence-electron chi connectivity index (χ0n) is 15.9. The number of Topliss-reactive ketones (excluding diaryl/α,β-unsaturated/α-hetero) is 1. The molecule has 2 heterocycles. The van der Waals surface area contributed by atoms with Crippen molar-refractivity contribution in [2.45, 2.75) is 51.5 Å². The van der Waals surface area contributed by atoms with Crippen molar-refractivity contribution in [3.05, 3.63) is 53.6 Å². The highest BCUT2D eigenvalue weighted by molar-refractivity contribution is 6.07. The highest BCUT2D eigenvalue weighted by Gasteiger charge is 2.29. The van der Waals surface area contributed by atoms with Crippen molar-refractivity contribution in [2.24, 2.45) is 5.92 Å². The third-order valence-electron chi connectivity index (χ3n) is 6.11. The van der Waals surface area contributed by atoms with Crippen molar-refractivity contribution in [3.8, 4) is 0 Å². The summed E-state index contributed by atoms with van der Waals surface area (Å²) >= 11 is 0. The summed E-state index contributed by atoms with van der Waals surface area (Å²) in [6, 6.07) is 7.13. The molecule has 27 heavy (non-hydrogen) atoms. The molecule has 0 radical (unpaired) electrons. The molecule has 0 unspecified atom stereocenters. The number of hydrogen-bond acceptors (Lipinski definition) is 3. The SMILES string of the molecule is CC(=O)c1ccccc1C(=O)N1CCC(c2nccn2CC2CCC2)CC1. The van der Waals surface area contributed by atoms with Crippen LogP contribution in [0.1, 0.15) is 71.5 Å². The Balaban J connectivity index is 1.41. The maximum Gasteiger partial charge on any atom is 0.254 e. The summed E-state index contributed by atoms with van der Waals surface area (Å²) in [7, 11) is 0. The van der Waals surface area contributed by atoms with E-state index < -0.39 is 0 Å². The zero-order chi connectivity index (χ0) is 18.8. The monoisotopic (exact) mass is 365 g/mol. The molecule has 2 aromatic rings. The molecular formula is C22H27N3O2. The quantitative estimate of drug-likeness (QED) is 0.755. The molecule has 1 saturated carbocycles. The second-order valence-electron chi connectivity index (χ2n) is 7.90. The van der Waals surface area contributed by atoms with Crippen molar-refractivity contribution in [2.75, 3.05) is 13.1 Å². The van der Waals surface area contributed by atoms with E-state index in [-0.39, 0.29) is 11.7 Å². The summed E-state index contributed by atoms with van der Waals surface area (Å²) in [5.74, 6) is 2.30. The number of rotatable bonds is 5. The summed E-state index contributed by atoms with van der Waals surface area (Å²) in [6.07, 6.45) is 9.89. The molecule has 1 aliphatic carbocycles. The number of hydrogen-bond donors (Lipinski definition) is 0. The summed E-state index contributed by atoms with van der Waals surface area (Å²) in [5, 5.41) is 0. The maximum atomic E-state index is 12.9. The van der Waals surface area contributed by atoms with E-state index in [1.54, 1.807) is 12.1 Å². The van der Waals surface area contributed by atoms with Crippen LogP contribution in [0.5, 0.6) is 0 Å². The number of benzene rings is 1. The lowest BCUT2D eigenvalue weighted by molar-refractivity contribution is 0.0705. The van der Waals surface area contributed by atoms with E-state index in [9.17, 15) is 9.59 Å². The van der Waals surface area contributed by atoms with Gasteiger partial charge in [-0.25, -0.2) is 4.98 Å². The van der Waals surface area contributed by atoms with Crippen LogP contribution in [-0.4, -0.2) is 39.2 Å². The average Bonchev–Trinajstić information content (AvgIpc) is 3.12. The Bertz CT molecular complexity index is 830. The van der Waals surface area contributed by atoms with Crippen molar-refractivity contribution < 1.29 is 9.59 Å². The maximum absolute atomic E-state index is 12.9. The molecule has 0 spiro atoms. The number of imidazole rings is 1. The molecule has 1 amide bonds. The smallest absolute Gasteiger partial charge is 0.254 e. The zero-order valence-corrected chi connectivity index (χ0v) is 15.9. The highest BCUT2D eigenvalue weighted by Crippen LogP contribution is 2.32. The minimum absolute atomic E-state index is 0.0305. The van der Waals surface area contributed by atoms with Gasteiger partial charge >= 0.3 is 0 Å². The number of aromatic nitrogens is 2. The van der Waals surface area contributed by atoms with Gasteiger partial charge in [0, 0.05) is 43.5 Å². The van der Waals surface area contributed by atoms with E-state index in [0.717, 1.165) is 25.3 Å². The van der Waals surface area contributed by atoms with Gasteiger partial charge < -0.3 is 9.47 Å². The van der Waals surface area contributed by atoms with Gasteiger partial charge in [-0.3, -0.25) is 9.59 Å². The molecule has 2 fully saturated rings. The van der Waals surface area contributed by atoms with Crippen molar-refractivity contribution in [1.82, 2.24) is 14.5 Å². The summed E-state index contributed by atoms with van der Waals surface area (Å²) in [4.78, 5) is 31.3. The Morgan fingerprint density at radius 3 is 2.41 bits per heavy atom. The Hall–Kier alpha value is -2.43. The van der Waals surface area contributed by atoms with Crippen LogP contribution in [-0.2, 0) is 6.54 Å². The number of amides is 1. The van der Waals surface area contributed by atoms with Crippen molar-refractivity contribution in [3.63, 3.8) is 0 Å². The Morgan fingerprint density at radius 1 is 1.07 bits per heavy atom. The molecule has 142 valence electrons. The highest BCUT2D eigenvalue weighted by atomic mass is 16.2. The number of piperidine rings is 1.